The number of carbonyl (C=O) groups is 3. The molecule has 1 aliphatic rings. The van der Waals surface area contributed by atoms with Crippen LogP contribution in [-0.2, 0) is 9.59 Å². The van der Waals surface area contributed by atoms with Crippen molar-refractivity contribution >= 4 is 17.8 Å². The average Bonchev–Trinajstić information content (AvgIpc) is 2.29. The van der Waals surface area contributed by atoms with Gasteiger partial charge in [-0.3, -0.25) is 19.8 Å². The zero-order valence-corrected chi connectivity index (χ0v) is 11.1. The summed E-state index contributed by atoms with van der Waals surface area (Å²) < 4.78 is 0. The second-order valence-electron chi connectivity index (χ2n) is 4.69. The topological polar surface area (TPSA) is 95.7 Å². The Morgan fingerprint density at radius 3 is 2.33 bits per heavy atom. The number of urea groups is 1. The summed E-state index contributed by atoms with van der Waals surface area (Å²) in [5.74, 6) is -0.529. The fourth-order valence-corrected chi connectivity index (χ4v) is 2.21. The van der Waals surface area contributed by atoms with E-state index in [4.69, 9.17) is 5.73 Å². The Bertz CT molecular complexity index is 371. The quantitative estimate of drug-likeness (QED) is 0.670. The van der Waals surface area contributed by atoms with Gasteiger partial charge in [-0.05, 0) is 20.8 Å². The van der Waals surface area contributed by atoms with Crippen LogP contribution in [0.15, 0.2) is 0 Å². The maximum Gasteiger partial charge on any atom is 0.318 e. The Morgan fingerprint density at radius 1 is 1.28 bits per heavy atom. The summed E-state index contributed by atoms with van der Waals surface area (Å²) in [6, 6.07) is -1.23. The summed E-state index contributed by atoms with van der Waals surface area (Å²) in [7, 11) is 1.75. The van der Waals surface area contributed by atoms with Crippen molar-refractivity contribution in [2.24, 2.45) is 5.73 Å². The van der Waals surface area contributed by atoms with E-state index in [0.717, 1.165) is 0 Å². The number of hydrogen-bond acceptors (Lipinski definition) is 4. The van der Waals surface area contributed by atoms with Crippen LogP contribution < -0.4 is 11.1 Å². The summed E-state index contributed by atoms with van der Waals surface area (Å²) in [6.07, 6.45) is 0. The molecule has 1 saturated heterocycles. The van der Waals surface area contributed by atoms with Crippen molar-refractivity contribution in [3.05, 3.63) is 0 Å². The molecule has 1 rings (SSSR count). The third-order valence-electron chi connectivity index (χ3n) is 3.62. The van der Waals surface area contributed by atoms with Gasteiger partial charge in [-0.2, -0.15) is 0 Å². The molecule has 18 heavy (non-hydrogen) atoms. The van der Waals surface area contributed by atoms with E-state index in [1.807, 2.05) is 19.2 Å². The summed E-state index contributed by atoms with van der Waals surface area (Å²) in [5, 5.41) is 2.01. The van der Waals surface area contributed by atoms with Gasteiger partial charge in [-0.1, -0.05) is 0 Å². The van der Waals surface area contributed by atoms with Gasteiger partial charge in [-0.15, -0.1) is 0 Å². The lowest BCUT2D eigenvalue weighted by Crippen LogP contribution is -2.64. The minimum absolute atomic E-state index is 0.00933. The van der Waals surface area contributed by atoms with Crippen molar-refractivity contribution in [3.8, 4) is 0 Å². The van der Waals surface area contributed by atoms with Gasteiger partial charge in [0.15, 0.2) is 0 Å². The SMILES string of the molecule is C[C@@H]1[C@@H](C)N(CC(=O)NC(N)=O)[C@H](C)C(=O)N1C. The molecule has 0 spiro atoms. The molecular formula is C11H20N4O3. The monoisotopic (exact) mass is 256 g/mol. The van der Waals surface area contributed by atoms with Gasteiger partial charge in [0.05, 0.1) is 12.6 Å². The molecule has 102 valence electrons. The van der Waals surface area contributed by atoms with Gasteiger partial charge in [-0.25, -0.2) is 4.79 Å². The van der Waals surface area contributed by atoms with E-state index in [9.17, 15) is 14.4 Å². The van der Waals surface area contributed by atoms with Crippen molar-refractivity contribution in [2.45, 2.75) is 38.9 Å². The van der Waals surface area contributed by atoms with Crippen LogP contribution in [0.4, 0.5) is 4.79 Å². The third kappa shape index (κ3) is 2.79. The number of amides is 4. The first-order valence-corrected chi connectivity index (χ1v) is 5.87. The van der Waals surface area contributed by atoms with E-state index in [1.54, 1.807) is 23.8 Å². The van der Waals surface area contributed by atoms with Crippen molar-refractivity contribution in [1.29, 1.82) is 0 Å². The van der Waals surface area contributed by atoms with E-state index in [1.165, 1.54) is 0 Å². The van der Waals surface area contributed by atoms with E-state index in [0.29, 0.717) is 0 Å². The molecular weight excluding hydrogens is 236 g/mol. The van der Waals surface area contributed by atoms with Crippen LogP contribution in [0.5, 0.6) is 0 Å². The summed E-state index contributed by atoms with van der Waals surface area (Å²) >= 11 is 0. The summed E-state index contributed by atoms with van der Waals surface area (Å²) in [6.45, 7) is 5.60. The van der Waals surface area contributed by atoms with Crippen molar-refractivity contribution < 1.29 is 14.4 Å². The molecule has 4 amide bonds. The molecule has 1 fully saturated rings. The molecule has 0 aliphatic carbocycles. The molecule has 3 atom stereocenters. The van der Waals surface area contributed by atoms with Crippen LogP contribution in [-0.4, -0.2) is 59.4 Å². The highest BCUT2D eigenvalue weighted by molar-refractivity contribution is 5.95. The fourth-order valence-electron chi connectivity index (χ4n) is 2.21. The van der Waals surface area contributed by atoms with Crippen LogP contribution in [0.3, 0.4) is 0 Å². The van der Waals surface area contributed by atoms with Crippen LogP contribution in [0.2, 0.25) is 0 Å². The molecule has 0 aromatic heterocycles. The minimum atomic E-state index is -0.881. The first-order valence-electron chi connectivity index (χ1n) is 5.87. The molecule has 1 aliphatic heterocycles. The highest BCUT2D eigenvalue weighted by Gasteiger charge is 2.39. The van der Waals surface area contributed by atoms with Gasteiger partial charge >= 0.3 is 6.03 Å². The van der Waals surface area contributed by atoms with Crippen LogP contribution in [0.25, 0.3) is 0 Å². The smallest absolute Gasteiger partial charge is 0.318 e. The molecule has 1 heterocycles. The molecule has 0 radical (unpaired) electrons. The highest BCUT2D eigenvalue weighted by Crippen LogP contribution is 2.20. The molecule has 0 unspecified atom stereocenters. The minimum Gasteiger partial charge on any atom is -0.351 e. The predicted molar refractivity (Wildman–Crippen MR) is 65.6 cm³/mol. The lowest BCUT2D eigenvalue weighted by Gasteiger charge is -2.46. The second kappa shape index (κ2) is 5.34. The lowest BCUT2D eigenvalue weighted by atomic mass is 10.0. The molecule has 7 nitrogen and oxygen atoms in total. The maximum absolute atomic E-state index is 12.0. The van der Waals surface area contributed by atoms with Gasteiger partial charge in [0.2, 0.25) is 11.8 Å². The van der Waals surface area contributed by atoms with Crippen molar-refractivity contribution in [3.63, 3.8) is 0 Å². The molecule has 7 heteroatoms. The first-order chi connectivity index (χ1) is 8.25. The molecule has 0 aromatic rings. The van der Waals surface area contributed by atoms with Crippen molar-refractivity contribution in [1.82, 2.24) is 15.1 Å². The van der Waals surface area contributed by atoms with Gasteiger partial charge in [0.1, 0.15) is 0 Å². The standard InChI is InChI=1S/C11H20N4O3/c1-6-7(2)15(5-9(16)13-11(12)18)8(3)10(17)14(6)4/h6-8H,5H2,1-4H3,(H3,12,13,16,18)/t6-,7-,8-/m1/s1. The number of piperazine rings is 1. The van der Waals surface area contributed by atoms with Crippen LogP contribution in [0, 0.1) is 0 Å². The first kappa shape index (κ1) is 14.4. The van der Waals surface area contributed by atoms with Gasteiger partial charge < -0.3 is 10.6 Å². The molecule has 3 N–H and O–H groups in total. The number of hydrogen-bond donors (Lipinski definition) is 2. The lowest BCUT2D eigenvalue weighted by molar-refractivity contribution is -0.147. The molecule has 0 bridgehead atoms. The average molecular weight is 256 g/mol. The van der Waals surface area contributed by atoms with Gasteiger partial charge in [0, 0.05) is 19.1 Å². The van der Waals surface area contributed by atoms with Crippen molar-refractivity contribution in [2.75, 3.05) is 13.6 Å². The number of rotatable bonds is 2. The third-order valence-corrected chi connectivity index (χ3v) is 3.62. The van der Waals surface area contributed by atoms with Crippen LogP contribution in [0.1, 0.15) is 20.8 Å². The largest absolute Gasteiger partial charge is 0.351 e. The van der Waals surface area contributed by atoms with E-state index in [2.05, 4.69) is 0 Å². The van der Waals surface area contributed by atoms with E-state index < -0.39 is 11.9 Å². The Kier molecular flexibility index (Phi) is 4.28. The number of nitrogens with zero attached hydrogens (tertiary/aromatic N) is 2. The second-order valence-corrected chi connectivity index (χ2v) is 4.69. The number of primary amides is 1. The summed E-state index contributed by atoms with van der Waals surface area (Å²) in [5.41, 5.74) is 4.88. The predicted octanol–water partition coefficient (Wildman–Crippen LogP) is -0.879. The number of carbonyl (C=O) groups excluding carboxylic acids is 3. The van der Waals surface area contributed by atoms with E-state index in [-0.39, 0.29) is 30.6 Å². The number of likely N-dealkylation sites (N-methyl/N-ethyl adjacent to an activating group) is 1. The zero-order valence-electron chi connectivity index (χ0n) is 11.1. The van der Waals surface area contributed by atoms with Crippen LogP contribution >= 0.6 is 0 Å². The summed E-state index contributed by atoms with van der Waals surface area (Å²) in [4.78, 5) is 37.5. The normalized spacial score (nSPS) is 29.2. The Hall–Kier alpha value is -1.63. The number of nitrogens with one attached hydrogen (secondary N) is 1. The van der Waals surface area contributed by atoms with E-state index >= 15 is 0 Å². The number of nitrogens with two attached hydrogens (primary N) is 1. The zero-order chi connectivity index (χ0) is 14.0. The molecule has 0 saturated carbocycles. The Labute approximate surface area is 106 Å². The fraction of sp³-hybridized carbons (Fsp3) is 0.727. The number of imide groups is 1. The Balaban J connectivity index is 2.77. The molecule has 0 aromatic carbocycles. The highest BCUT2D eigenvalue weighted by atomic mass is 16.2. The maximum atomic E-state index is 12.0. The Morgan fingerprint density at radius 2 is 1.83 bits per heavy atom. The van der Waals surface area contributed by atoms with Gasteiger partial charge in [0.25, 0.3) is 0 Å².